The minimum absolute atomic E-state index is 0.0233. The monoisotopic (exact) mass is 360 g/mol. The molecule has 1 aromatic heterocycles. The molecule has 2 aliphatic heterocycles. The van der Waals surface area contributed by atoms with Gasteiger partial charge in [-0.05, 0) is 12.1 Å². The number of hydrogen-bond donors (Lipinski definition) is 2. The summed E-state index contributed by atoms with van der Waals surface area (Å²) >= 11 is 0. The first-order valence-corrected chi connectivity index (χ1v) is 8.01. The third kappa shape index (κ3) is 2.66. The number of H-pyrrole nitrogens is 1. The van der Waals surface area contributed by atoms with Crippen LogP contribution in [0.1, 0.15) is 16.6 Å². The highest BCUT2D eigenvalue weighted by molar-refractivity contribution is 5.89. The quantitative estimate of drug-likeness (QED) is 0.700. The summed E-state index contributed by atoms with van der Waals surface area (Å²) < 4.78 is 17.8. The van der Waals surface area contributed by atoms with Gasteiger partial charge in [0.15, 0.2) is 11.8 Å². The minimum Gasteiger partial charge on any atom is -0.459 e. The number of aromatic amines is 1. The van der Waals surface area contributed by atoms with E-state index in [0.29, 0.717) is 5.56 Å². The molecule has 2 saturated heterocycles. The highest BCUT2D eigenvalue weighted by atomic mass is 16.7. The summed E-state index contributed by atoms with van der Waals surface area (Å²) in [6.45, 7) is -0.206. The van der Waals surface area contributed by atoms with Crippen LogP contribution in [0, 0.1) is 0 Å². The van der Waals surface area contributed by atoms with Gasteiger partial charge >= 0.3 is 11.7 Å². The minimum atomic E-state index is -1.27. The number of hydrogen-bond acceptors (Lipinski definition) is 7. The Morgan fingerprint density at radius 3 is 2.81 bits per heavy atom. The standard InChI is InChI=1S/C17H16N2O7/c20-11-6-7-19(16(23)18-11)14-12-13(21)17(26-14,8-24-12)9-25-15(22)10-4-2-1-3-5-10/h1-7,12-14,21H,8-9H2,(H,18,20,23)/t12-,13+,14-,17-/m1/s1. The average molecular weight is 360 g/mol. The van der Waals surface area contributed by atoms with Crippen molar-refractivity contribution >= 4 is 5.97 Å². The number of aromatic nitrogens is 2. The Morgan fingerprint density at radius 2 is 2.08 bits per heavy atom. The predicted octanol–water partition coefficient (Wildman–Crippen LogP) is -0.579. The van der Waals surface area contributed by atoms with Gasteiger partial charge in [-0.3, -0.25) is 14.3 Å². The fraction of sp³-hybridized carbons (Fsp3) is 0.353. The van der Waals surface area contributed by atoms with Gasteiger partial charge in [0.2, 0.25) is 0 Å². The summed E-state index contributed by atoms with van der Waals surface area (Å²) in [5.74, 6) is -0.552. The fourth-order valence-corrected chi connectivity index (χ4v) is 3.21. The molecule has 26 heavy (non-hydrogen) atoms. The highest BCUT2D eigenvalue weighted by Crippen LogP contribution is 2.44. The number of nitrogens with one attached hydrogen (secondary N) is 1. The van der Waals surface area contributed by atoms with Gasteiger partial charge in [-0.2, -0.15) is 0 Å². The van der Waals surface area contributed by atoms with Crippen molar-refractivity contribution in [3.05, 3.63) is 69.0 Å². The third-order valence-electron chi connectivity index (χ3n) is 4.59. The molecule has 0 radical (unpaired) electrons. The van der Waals surface area contributed by atoms with Gasteiger partial charge in [-0.15, -0.1) is 0 Å². The molecule has 4 atom stereocenters. The van der Waals surface area contributed by atoms with E-state index in [1.165, 1.54) is 12.3 Å². The van der Waals surface area contributed by atoms with Crippen LogP contribution >= 0.6 is 0 Å². The number of carbonyl (C=O) groups is 1. The van der Waals surface area contributed by atoms with Crippen molar-refractivity contribution in [1.82, 2.24) is 9.55 Å². The first-order chi connectivity index (χ1) is 12.5. The number of carbonyl (C=O) groups excluding carboxylic acids is 1. The van der Waals surface area contributed by atoms with E-state index in [-0.39, 0.29) is 13.2 Å². The lowest BCUT2D eigenvalue weighted by Gasteiger charge is -2.30. The SMILES string of the molecule is O=C(OC[C@@]12CO[C@@H]([C@H](n3ccc(=O)[nH]c3=O)O1)[C@@H]2O)c1ccccc1. The molecule has 2 N–H and O–H groups in total. The average Bonchev–Trinajstić information content (AvgIpc) is 3.10. The Bertz CT molecular complexity index is 938. The van der Waals surface area contributed by atoms with Crippen LogP contribution < -0.4 is 11.2 Å². The number of aliphatic hydroxyl groups is 1. The Hall–Kier alpha value is -2.75. The topological polar surface area (TPSA) is 120 Å². The number of ether oxygens (including phenoxy) is 3. The number of benzene rings is 1. The summed E-state index contributed by atoms with van der Waals surface area (Å²) in [4.78, 5) is 37.4. The second-order valence-corrected chi connectivity index (χ2v) is 6.25. The Labute approximate surface area is 146 Å². The lowest BCUT2D eigenvalue weighted by Crippen LogP contribution is -2.46. The van der Waals surface area contributed by atoms with E-state index in [9.17, 15) is 19.5 Å². The normalized spacial score (nSPS) is 29.7. The van der Waals surface area contributed by atoms with E-state index in [4.69, 9.17) is 14.2 Å². The number of nitrogens with zero attached hydrogens (tertiary/aromatic N) is 1. The van der Waals surface area contributed by atoms with Gasteiger partial charge in [0.25, 0.3) is 5.56 Å². The zero-order valence-electron chi connectivity index (χ0n) is 13.5. The van der Waals surface area contributed by atoms with E-state index >= 15 is 0 Å². The number of aliphatic hydroxyl groups excluding tert-OH is 1. The second kappa shape index (κ2) is 6.20. The van der Waals surface area contributed by atoms with Gasteiger partial charge in [0.1, 0.15) is 18.8 Å². The van der Waals surface area contributed by atoms with Crippen molar-refractivity contribution in [2.45, 2.75) is 24.0 Å². The molecule has 2 aliphatic rings. The second-order valence-electron chi connectivity index (χ2n) is 6.25. The van der Waals surface area contributed by atoms with Crippen LogP contribution in [0.15, 0.2) is 52.2 Å². The van der Waals surface area contributed by atoms with Crippen molar-refractivity contribution in [3.8, 4) is 0 Å². The summed E-state index contributed by atoms with van der Waals surface area (Å²) in [6, 6.07) is 9.60. The van der Waals surface area contributed by atoms with Crippen LogP contribution in [-0.4, -0.2) is 51.6 Å². The first-order valence-electron chi connectivity index (χ1n) is 8.01. The van der Waals surface area contributed by atoms with Crippen molar-refractivity contribution < 1.29 is 24.1 Å². The van der Waals surface area contributed by atoms with E-state index < -0.39 is 41.3 Å². The van der Waals surface area contributed by atoms with Gasteiger partial charge < -0.3 is 19.3 Å². The van der Waals surface area contributed by atoms with Gasteiger partial charge in [0.05, 0.1) is 12.2 Å². The maximum absolute atomic E-state index is 12.1. The van der Waals surface area contributed by atoms with Crippen molar-refractivity contribution in [3.63, 3.8) is 0 Å². The molecule has 0 spiro atoms. The van der Waals surface area contributed by atoms with Crippen LogP contribution in [0.25, 0.3) is 0 Å². The number of esters is 1. The van der Waals surface area contributed by atoms with E-state index in [1.807, 2.05) is 0 Å². The summed E-state index contributed by atoms with van der Waals surface area (Å²) in [5, 5.41) is 10.5. The zero-order valence-corrected chi connectivity index (χ0v) is 13.5. The van der Waals surface area contributed by atoms with Crippen LogP contribution in [0.5, 0.6) is 0 Å². The molecule has 0 saturated carbocycles. The molecule has 0 amide bonds. The number of fused-ring (bicyclic) bond motifs is 2. The summed E-state index contributed by atoms with van der Waals surface area (Å²) in [7, 11) is 0. The molecule has 2 aromatic rings. The highest BCUT2D eigenvalue weighted by Gasteiger charge is 2.62. The van der Waals surface area contributed by atoms with Gasteiger partial charge in [0, 0.05) is 12.3 Å². The maximum atomic E-state index is 12.1. The van der Waals surface area contributed by atoms with Crippen LogP contribution in [-0.2, 0) is 14.2 Å². The molecule has 2 fully saturated rings. The van der Waals surface area contributed by atoms with Gasteiger partial charge in [-0.25, -0.2) is 9.59 Å². The zero-order chi connectivity index (χ0) is 18.3. The number of rotatable bonds is 4. The summed E-state index contributed by atoms with van der Waals surface area (Å²) in [5.41, 5.74) is -2.11. The molecule has 9 nitrogen and oxygen atoms in total. The molecule has 4 rings (SSSR count). The van der Waals surface area contributed by atoms with E-state index in [0.717, 1.165) is 4.57 Å². The van der Waals surface area contributed by atoms with Crippen molar-refractivity contribution in [2.75, 3.05) is 13.2 Å². The van der Waals surface area contributed by atoms with Gasteiger partial charge in [-0.1, -0.05) is 18.2 Å². The van der Waals surface area contributed by atoms with E-state index in [2.05, 4.69) is 4.98 Å². The molecule has 3 heterocycles. The van der Waals surface area contributed by atoms with Crippen LogP contribution in [0.3, 0.4) is 0 Å². The molecular formula is C17H16N2O7. The smallest absolute Gasteiger partial charge is 0.338 e. The first kappa shape index (κ1) is 16.7. The van der Waals surface area contributed by atoms with Crippen LogP contribution in [0.2, 0.25) is 0 Å². The molecule has 136 valence electrons. The molecular weight excluding hydrogens is 344 g/mol. The largest absolute Gasteiger partial charge is 0.459 e. The van der Waals surface area contributed by atoms with Crippen molar-refractivity contribution in [2.24, 2.45) is 0 Å². The lowest BCUT2D eigenvalue weighted by molar-refractivity contribution is -0.188. The predicted molar refractivity (Wildman–Crippen MR) is 86.6 cm³/mol. The molecule has 9 heteroatoms. The van der Waals surface area contributed by atoms with Crippen molar-refractivity contribution in [1.29, 1.82) is 0 Å². The fourth-order valence-electron chi connectivity index (χ4n) is 3.21. The molecule has 0 aliphatic carbocycles. The summed E-state index contributed by atoms with van der Waals surface area (Å²) in [6.07, 6.45) is -1.56. The lowest BCUT2D eigenvalue weighted by atomic mass is 10.0. The van der Waals surface area contributed by atoms with E-state index in [1.54, 1.807) is 30.3 Å². The van der Waals surface area contributed by atoms with Crippen LogP contribution in [0.4, 0.5) is 0 Å². The Balaban J connectivity index is 1.53. The molecule has 0 unspecified atom stereocenters. The molecule has 1 aromatic carbocycles. The third-order valence-corrected chi connectivity index (χ3v) is 4.59. The molecule has 2 bridgehead atoms. The Morgan fingerprint density at radius 1 is 1.31 bits per heavy atom. The maximum Gasteiger partial charge on any atom is 0.338 e. The Kier molecular flexibility index (Phi) is 3.98.